The standard InChI is InChI=1S/C13H21N5S/c1-9-8-19-12(15-9)7-14-6-11-10(2)16-18(5)13(11)17(3)4/h8,14H,6-7H2,1-5H3. The number of aromatic nitrogens is 3. The number of thiazole rings is 1. The third kappa shape index (κ3) is 3.13. The number of hydrogen-bond donors (Lipinski definition) is 1. The van der Waals surface area contributed by atoms with Crippen LogP contribution < -0.4 is 10.2 Å². The summed E-state index contributed by atoms with van der Waals surface area (Å²) in [4.78, 5) is 6.55. The van der Waals surface area contributed by atoms with Crippen LogP contribution in [0.4, 0.5) is 5.82 Å². The van der Waals surface area contributed by atoms with Crippen molar-refractivity contribution < 1.29 is 0 Å². The summed E-state index contributed by atoms with van der Waals surface area (Å²) in [5, 5.41) is 11.1. The van der Waals surface area contributed by atoms with E-state index >= 15 is 0 Å². The highest BCUT2D eigenvalue weighted by Crippen LogP contribution is 2.21. The average molecular weight is 279 g/mol. The molecule has 0 amide bonds. The van der Waals surface area contributed by atoms with Crippen molar-refractivity contribution in [2.45, 2.75) is 26.9 Å². The fourth-order valence-corrected chi connectivity index (χ4v) is 2.98. The number of aryl methyl sites for hydroxylation is 3. The molecule has 2 heterocycles. The molecule has 2 rings (SSSR count). The number of anilines is 1. The van der Waals surface area contributed by atoms with Crippen molar-refractivity contribution in [1.82, 2.24) is 20.1 Å². The maximum Gasteiger partial charge on any atom is 0.130 e. The first-order chi connectivity index (χ1) is 8.99. The number of nitrogens with one attached hydrogen (secondary N) is 1. The molecule has 0 aliphatic carbocycles. The molecular formula is C13H21N5S. The lowest BCUT2D eigenvalue weighted by Gasteiger charge is -2.15. The molecule has 0 atom stereocenters. The van der Waals surface area contributed by atoms with Gasteiger partial charge in [-0.05, 0) is 13.8 Å². The first kappa shape index (κ1) is 14.0. The zero-order chi connectivity index (χ0) is 14.0. The van der Waals surface area contributed by atoms with E-state index in [1.807, 2.05) is 32.7 Å². The highest BCUT2D eigenvalue weighted by atomic mass is 32.1. The number of hydrogen-bond acceptors (Lipinski definition) is 5. The van der Waals surface area contributed by atoms with E-state index in [-0.39, 0.29) is 0 Å². The summed E-state index contributed by atoms with van der Waals surface area (Å²) in [7, 11) is 6.07. The maximum atomic E-state index is 4.48. The van der Waals surface area contributed by atoms with Crippen LogP contribution in [0, 0.1) is 13.8 Å². The summed E-state index contributed by atoms with van der Waals surface area (Å²) in [6, 6.07) is 0. The zero-order valence-corrected chi connectivity index (χ0v) is 13.0. The van der Waals surface area contributed by atoms with Gasteiger partial charge < -0.3 is 10.2 Å². The van der Waals surface area contributed by atoms with E-state index in [4.69, 9.17) is 0 Å². The van der Waals surface area contributed by atoms with Crippen molar-refractivity contribution in [3.05, 3.63) is 27.3 Å². The minimum absolute atomic E-state index is 0.805. The first-order valence-electron chi connectivity index (χ1n) is 6.30. The van der Waals surface area contributed by atoms with Crippen molar-refractivity contribution in [3.63, 3.8) is 0 Å². The highest BCUT2D eigenvalue weighted by Gasteiger charge is 2.14. The number of nitrogens with zero attached hydrogens (tertiary/aromatic N) is 4. The Morgan fingerprint density at radius 1 is 1.32 bits per heavy atom. The zero-order valence-electron chi connectivity index (χ0n) is 12.2. The summed E-state index contributed by atoms with van der Waals surface area (Å²) in [6.07, 6.45) is 0. The average Bonchev–Trinajstić information content (AvgIpc) is 2.84. The molecule has 0 aliphatic heterocycles. The van der Waals surface area contributed by atoms with Crippen molar-refractivity contribution in [1.29, 1.82) is 0 Å². The van der Waals surface area contributed by atoms with Gasteiger partial charge in [0.1, 0.15) is 10.8 Å². The van der Waals surface area contributed by atoms with E-state index in [9.17, 15) is 0 Å². The van der Waals surface area contributed by atoms with Crippen LogP contribution >= 0.6 is 11.3 Å². The van der Waals surface area contributed by atoms with Gasteiger partial charge in [-0.15, -0.1) is 11.3 Å². The van der Waals surface area contributed by atoms with E-state index in [0.717, 1.165) is 35.3 Å². The van der Waals surface area contributed by atoms with Gasteiger partial charge in [0, 0.05) is 50.9 Å². The van der Waals surface area contributed by atoms with Crippen molar-refractivity contribution in [2.75, 3.05) is 19.0 Å². The quantitative estimate of drug-likeness (QED) is 0.907. The molecule has 2 aromatic heterocycles. The van der Waals surface area contributed by atoms with Crippen LogP contribution in [0.15, 0.2) is 5.38 Å². The minimum Gasteiger partial charge on any atom is -0.363 e. The molecule has 0 unspecified atom stereocenters. The fraction of sp³-hybridized carbons (Fsp3) is 0.538. The molecule has 0 aromatic carbocycles. The van der Waals surface area contributed by atoms with E-state index in [1.165, 1.54) is 5.56 Å². The maximum absolute atomic E-state index is 4.48. The largest absolute Gasteiger partial charge is 0.363 e. The predicted molar refractivity (Wildman–Crippen MR) is 79.7 cm³/mol. The monoisotopic (exact) mass is 279 g/mol. The Morgan fingerprint density at radius 2 is 2.05 bits per heavy atom. The van der Waals surface area contributed by atoms with Gasteiger partial charge in [0.15, 0.2) is 0 Å². The second kappa shape index (κ2) is 5.71. The summed E-state index contributed by atoms with van der Waals surface area (Å²) in [5.74, 6) is 1.15. The molecule has 0 spiro atoms. The summed E-state index contributed by atoms with van der Waals surface area (Å²) < 4.78 is 1.93. The Morgan fingerprint density at radius 3 is 2.63 bits per heavy atom. The van der Waals surface area contributed by atoms with Gasteiger partial charge in [-0.1, -0.05) is 0 Å². The van der Waals surface area contributed by atoms with Crippen molar-refractivity contribution in [2.24, 2.45) is 7.05 Å². The van der Waals surface area contributed by atoms with Gasteiger partial charge in [0.25, 0.3) is 0 Å². The third-order valence-corrected chi connectivity index (χ3v) is 3.95. The molecule has 0 aliphatic rings. The van der Waals surface area contributed by atoms with Gasteiger partial charge in [-0.2, -0.15) is 5.10 Å². The molecule has 0 bridgehead atoms. The van der Waals surface area contributed by atoms with Crippen LogP contribution in [-0.4, -0.2) is 28.9 Å². The minimum atomic E-state index is 0.805. The Kier molecular flexibility index (Phi) is 4.21. The Balaban J connectivity index is 2.03. The lowest BCUT2D eigenvalue weighted by molar-refractivity contribution is 0.684. The van der Waals surface area contributed by atoms with Crippen molar-refractivity contribution >= 4 is 17.2 Å². The van der Waals surface area contributed by atoms with Crippen LogP contribution in [0.3, 0.4) is 0 Å². The van der Waals surface area contributed by atoms with Gasteiger partial charge in [-0.25, -0.2) is 4.98 Å². The van der Waals surface area contributed by atoms with Crippen LogP contribution in [0.25, 0.3) is 0 Å². The molecule has 5 nitrogen and oxygen atoms in total. The van der Waals surface area contributed by atoms with Gasteiger partial charge >= 0.3 is 0 Å². The summed E-state index contributed by atoms with van der Waals surface area (Å²) in [6.45, 7) is 5.69. The molecular weight excluding hydrogens is 258 g/mol. The van der Waals surface area contributed by atoms with E-state index in [1.54, 1.807) is 11.3 Å². The number of rotatable bonds is 5. The van der Waals surface area contributed by atoms with Crippen LogP contribution in [0.5, 0.6) is 0 Å². The fourth-order valence-electron chi connectivity index (χ4n) is 2.23. The Bertz CT molecular complexity index is 555. The molecule has 0 saturated heterocycles. The highest BCUT2D eigenvalue weighted by molar-refractivity contribution is 7.09. The van der Waals surface area contributed by atoms with Gasteiger partial charge in [0.05, 0.1) is 5.69 Å². The molecule has 6 heteroatoms. The second-order valence-corrected chi connectivity index (χ2v) is 5.83. The molecule has 0 radical (unpaired) electrons. The first-order valence-corrected chi connectivity index (χ1v) is 7.18. The van der Waals surface area contributed by atoms with E-state index < -0.39 is 0 Å². The molecule has 0 fully saturated rings. The molecule has 19 heavy (non-hydrogen) atoms. The van der Waals surface area contributed by atoms with Crippen LogP contribution in [0.1, 0.15) is 22.0 Å². The van der Waals surface area contributed by atoms with Crippen LogP contribution in [-0.2, 0) is 20.1 Å². The molecule has 2 aromatic rings. The van der Waals surface area contributed by atoms with Gasteiger partial charge in [-0.3, -0.25) is 4.68 Å². The van der Waals surface area contributed by atoms with Gasteiger partial charge in [0.2, 0.25) is 0 Å². The molecule has 1 N–H and O–H groups in total. The topological polar surface area (TPSA) is 46.0 Å². The Labute approximate surface area is 118 Å². The summed E-state index contributed by atoms with van der Waals surface area (Å²) in [5.41, 5.74) is 3.42. The van der Waals surface area contributed by atoms with E-state index in [0.29, 0.717) is 0 Å². The van der Waals surface area contributed by atoms with Crippen molar-refractivity contribution in [3.8, 4) is 0 Å². The molecule has 0 saturated carbocycles. The normalized spacial score (nSPS) is 11.0. The lowest BCUT2D eigenvalue weighted by atomic mass is 10.2. The third-order valence-electron chi connectivity index (χ3n) is 2.98. The van der Waals surface area contributed by atoms with E-state index in [2.05, 4.69) is 32.6 Å². The smallest absolute Gasteiger partial charge is 0.130 e. The lowest BCUT2D eigenvalue weighted by Crippen LogP contribution is -2.18. The SMILES string of the molecule is Cc1csc(CNCc2c(C)nn(C)c2N(C)C)n1. The summed E-state index contributed by atoms with van der Waals surface area (Å²) >= 11 is 1.70. The second-order valence-electron chi connectivity index (χ2n) is 4.89. The van der Waals surface area contributed by atoms with Crippen LogP contribution in [0.2, 0.25) is 0 Å². The predicted octanol–water partition coefficient (Wildman–Crippen LogP) is 1.85. The Hall–Kier alpha value is -1.40. The molecule has 104 valence electrons.